The summed E-state index contributed by atoms with van der Waals surface area (Å²) in [7, 11) is 0. The first-order valence-electron chi connectivity index (χ1n) is 12.1. The number of hydrogen-bond acceptors (Lipinski definition) is 7. The van der Waals surface area contributed by atoms with Crippen LogP contribution in [0.25, 0.3) is 0 Å². The summed E-state index contributed by atoms with van der Waals surface area (Å²) in [5, 5.41) is 11.0. The van der Waals surface area contributed by atoms with E-state index in [1.54, 1.807) is 29.5 Å². The summed E-state index contributed by atoms with van der Waals surface area (Å²) in [6.07, 6.45) is 6.29. The summed E-state index contributed by atoms with van der Waals surface area (Å²) in [6.45, 7) is 8.05. The molecule has 34 heavy (non-hydrogen) atoms. The minimum atomic E-state index is -0.616. The molecule has 3 aliphatic rings. The molecule has 0 spiro atoms. The molecule has 0 N–H and O–H groups in total. The summed E-state index contributed by atoms with van der Waals surface area (Å²) in [6, 6.07) is 4.85. The lowest BCUT2D eigenvalue weighted by atomic mass is 9.90. The first kappa shape index (κ1) is 23.0. The first-order chi connectivity index (χ1) is 16.2. The van der Waals surface area contributed by atoms with E-state index in [1.807, 2.05) is 25.7 Å². The largest absolute Gasteiger partial charge is 0.343 e. The fourth-order valence-electron chi connectivity index (χ4n) is 5.14. The van der Waals surface area contributed by atoms with Gasteiger partial charge in [0.2, 0.25) is 5.13 Å². The van der Waals surface area contributed by atoms with Gasteiger partial charge in [0.25, 0.3) is 17.7 Å². The molecule has 9 heteroatoms. The van der Waals surface area contributed by atoms with Crippen LogP contribution in [0, 0.1) is 0 Å². The maximum atomic E-state index is 13.2. The van der Waals surface area contributed by atoms with E-state index in [9.17, 15) is 14.4 Å². The van der Waals surface area contributed by atoms with Gasteiger partial charge in [0.05, 0.1) is 11.1 Å². The summed E-state index contributed by atoms with van der Waals surface area (Å²) in [5.74, 6) is -0.203. The second kappa shape index (κ2) is 8.76. The Morgan fingerprint density at radius 2 is 1.62 bits per heavy atom. The van der Waals surface area contributed by atoms with Crippen LogP contribution in [-0.4, -0.2) is 69.4 Å². The van der Waals surface area contributed by atoms with Gasteiger partial charge in [-0.2, -0.15) is 0 Å². The van der Waals surface area contributed by atoms with E-state index in [4.69, 9.17) is 0 Å². The summed E-state index contributed by atoms with van der Waals surface area (Å²) in [5.41, 5.74) is 0.509. The number of carbonyl (C=O) groups excluding carboxylic acids is 3. The van der Waals surface area contributed by atoms with Crippen LogP contribution >= 0.6 is 11.3 Å². The Morgan fingerprint density at radius 3 is 2.29 bits per heavy atom. The van der Waals surface area contributed by atoms with E-state index < -0.39 is 5.54 Å². The van der Waals surface area contributed by atoms with Crippen LogP contribution in [-0.2, 0) is 0 Å². The van der Waals surface area contributed by atoms with Crippen molar-refractivity contribution in [2.75, 3.05) is 31.1 Å². The maximum Gasteiger partial charge on any atom is 0.262 e. The predicted octanol–water partition coefficient (Wildman–Crippen LogP) is 3.94. The molecule has 3 heterocycles. The Labute approximate surface area is 203 Å². The third-order valence-electron chi connectivity index (χ3n) is 7.03. The van der Waals surface area contributed by atoms with Crippen molar-refractivity contribution in [1.82, 2.24) is 20.0 Å². The lowest BCUT2D eigenvalue weighted by Gasteiger charge is -2.34. The first-order valence-corrected chi connectivity index (χ1v) is 13.0. The Kier molecular flexibility index (Phi) is 5.91. The highest BCUT2D eigenvalue weighted by Gasteiger charge is 2.42. The Morgan fingerprint density at radius 1 is 0.941 bits per heavy atom. The molecule has 2 fully saturated rings. The summed E-state index contributed by atoms with van der Waals surface area (Å²) >= 11 is 1.69. The number of anilines is 1. The standard InChI is InChI=1S/C25H31N5O3S/c1-25(2,3)30-22(32)18-10-9-17(15-19(18)23(30)33)21(31)28-11-13-29(14-12-28)24-27-26-20(34-24)16-7-5-4-6-8-16/h9-10,15-16H,4-8,11-14H2,1-3H3. The molecule has 2 aliphatic heterocycles. The summed E-state index contributed by atoms with van der Waals surface area (Å²) in [4.78, 5) is 44.1. The molecule has 0 atom stereocenters. The van der Waals surface area contributed by atoms with Gasteiger partial charge in [-0.25, -0.2) is 0 Å². The number of amides is 3. The van der Waals surface area contributed by atoms with Gasteiger partial charge < -0.3 is 9.80 Å². The van der Waals surface area contributed by atoms with Crippen molar-refractivity contribution in [3.05, 3.63) is 39.9 Å². The van der Waals surface area contributed by atoms with E-state index in [-0.39, 0.29) is 17.7 Å². The molecule has 1 saturated carbocycles. The number of benzene rings is 1. The normalized spacial score (nSPS) is 19.7. The third-order valence-corrected chi connectivity index (χ3v) is 8.17. The van der Waals surface area contributed by atoms with Crippen LogP contribution in [0.1, 0.15) is 94.9 Å². The van der Waals surface area contributed by atoms with E-state index in [2.05, 4.69) is 15.1 Å². The van der Waals surface area contributed by atoms with Crippen molar-refractivity contribution >= 4 is 34.2 Å². The van der Waals surface area contributed by atoms with Gasteiger partial charge in [-0.1, -0.05) is 30.6 Å². The SMILES string of the molecule is CC(C)(C)N1C(=O)c2ccc(C(=O)N3CCN(c4nnc(C5CCCCC5)s4)CC3)cc2C1=O. The molecule has 8 nitrogen and oxygen atoms in total. The second-order valence-corrected chi connectivity index (χ2v) is 11.4. The van der Waals surface area contributed by atoms with E-state index in [0.29, 0.717) is 48.8 Å². The van der Waals surface area contributed by atoms with Crippen LogP contribution in [0.5, 0.6) is 0 Å². The lowest BCUT2D eigenvalue weighted by Crippen LogP contribution is -2.48. The molecule has 1 aromatic heterocycles. The monoisotopic (exact) mass is 481 g/mol. The van der Waals surface area contributed by atoms with Gasteiger partial charge in [-0.3, -0.25) is 19.3 Å². The number of imide groups is 1. The molecular formula is C25H31N5O3S. The molecule has 3 amide bonds. The zero-order valence-corrected chi connectivity index (χ0v) is 20.9. The van der Waals surface area contributed by atoms with Crippen LogP contribution in [0.2, 0.25) is 0 Å². The quantitative estimate of drug-likeness (QED) is 0.617. The van der Waals surface area contributed by atoms with Crippen molar-refractivity contribution in [2.45, 2.75) is 64.3 Å². The number of nitrogens with zero attached hydrogens (tertiary/aromatic N) is 5. The molecular weight excluding hydrogens is 450 g/mol. The Hall–Kier alpha value is -2.81. The van der Waals surface area contributed by atoms with E-state index in [0.717, 1.165) is 10.1 Å². The molecule has 2 aromatic rings. The van der Waals surface area contributed by atoms with Gasteiger partial charge >= 0.3 is 0 Å². The number of carbonyl (C=O) groups is 3. The minimum absolute atomic E-state index is 0.114. The Bertz CT molecular complexity index is 1120. The molecule has 0 unspecified atom stereocenters. The zero-order valence-electron chi connectivity index (χ0n) is 20.0. The van der Waals surface area contributed by atoms with Gasteiger partial charge in [0.1, 0.15) is 5.01 Å². The fraction of sp³-hybridized carbons (Fsp3) is 0.560. The van der Waals surface area contributed by atoms with Crippen molar-refractivity contribution in [2.24, 2.45) is 0 Å². The number of fused-ring (bicyclic) bond motifs is 1. The molecule has 0 bridgehead atoms. The van der Waals surface area contributed by atoms with Gasteiger partial charge in [0, 0.05) is 43.2 Å². The number of aromatic nitrogens is 2. The number of hydrogen-bond donors (Lipinski definition) is 0. The average molecular weight is 482 g/mol. The van der Waals surface area contributed by atoms with Crippen molar-refractivity contribution in [3.8, 4) is 0 Å². The van der Waals surface area contributed by atoms with Crippen molar-refractivity contribution in [3.63, 3.8) is 0 Å². The average Bonchev–Trinajstić information content (AvgIpc) is 3.42. The van der Waals surface area contributed by atoms with E-state index >= 15 is 0 Å². The zero-order chi connectivity index (χ0) is 24.0. The third kappa shape index (κ3) is 4.10. The molecule has 5 rings (SSSR count). The van der Waals surface area contributed by atoms with Gasteiger partial charge in [-0.15, -0.1) is 10.2 Å². The van der Waals surface area contributed by atoms with Gasteiger partial charge in [-0.05, 0) is 51.8 Å². The van der Waals surface area contributed by atoms with Crippen LogP contribution < -0.4 is 4.90 Å². The van der Waals surface area contributed by atoms with E-state index in [1.165, 1.54) is 37.0 Å². The number of rotatable bonds is 3. The highest BCUT2D eigenvalue weighted by Crippen LogP contribution is 2.36. The molecule has 1 saturated heterocycles. The molecule has 1 aliphatic carbocycles. The van der Waals surface area contributed by atoms with Crippen LogP contribution in [0.15, 0.2) is 18.2 Å². The van der Waals surface area contributed by atoms with Crippen molar-refractivity contribution < 1.29 is 14.4 Å². The van der Waals surface area contributed by atoms with Gasteiger partial charge in [0.15, 0.2) is 0 Å². The molecule has 1 aromatic carbocycles. The lowest BCUT2D eigenvalue weighted by molar-refractivity contribution is 0.0507. The second-order valence-electron chi connectivity index (χ2n) is 10.4. The highest BCUT2D eigenvalue weighted by molar-refractivity contribution is 7.15. The highest BCUT2D eigenvalue weighted by atomic mass is 32.1. The maximum absolute atomic E-state index is 13.2. The molecule has 180 valence electrons. The minimum Gasteiger partial charge on any atom is -0.343 e. The topological polar surface area (TPSA) is 86.7 Å². The smallest absolute Gasteiger partial charge is 0.262 e. The van der Waals surface area contributed by atoms with Crippen molar-refractivity contribution in [1.29, 1.82) is 0 Å². The predicted molar refractivity (Wildman–Crippen MR) is 131 cm³/mol. The fourth-order valence-corrected chi connectivity index (χ4v) is 6.20. The summed E-state index contributed by atoms with van der Waals surface area (Å²) < 4.78 is 0. The Balaban J connectivity index is 1.24. The van der Waals surface area contributed by atoms with Crippen LogP contribution in [0.3, 0.4) is 0 Å². The molecule has 0 radical (unpaired) electrons. The number of piperazine rings is 1. The van der Waals surface area contributed by atoms with Crippen LogP contribution in [0.4, 0.5) is 5.13 Å².